The first kappa shape index (κ1) is 14.2. The fraction of sp³-hybridized carbons (Fsp3) is 0.333. The predicted octanol–water partition coefficient (Wildman–Crippen LogP) is 1.91. The smallest absolute Gasteiger partial charge is 0.338 e. The fourth-order valence-corrected chi connectivity index (χ4v) is 2.50. The topological polar surface area (TPSA) is 81.9 Å². The first-order valence-corrected chi connectivity index (χ1v) is 7.09. The van der Waals surface area contributed by atoms with Crippen molar-refractivity contribution in [1.82, 2.24) is 20.2 Å². The molecule has 22 heavy (non-hydrogen) atoms. The molecule has 0 saturated heterocycles. The summed E-state index contributed by atoms with van der Waals surface area (Å²) in [5.41, 5.74) is 2.13. The summed E-state index contributed by atoms with van der Waals surface area (Å²) in [7, 11) is 0. The Balaban J connectivity index is 2.10. The van der Waals surface area contributed by atoms with Crippen LogP contribution >= 0.6 is 0 Å². The van der Waals surface area contributed by atoms with Crippen molar-refractivity contribution in [2.24, 2.45) is 0 Å². The van der Waals surface area contributed by atoms with Gasteiger partial charge in [-0.25, -0.2) is 4.79 Å². The lowest BCUT2D eigenvalue weighted by atomic mass is 9.96. The molecule has 1 aliphatic heterocycles. The highest BCUT2D eigenvalue weighted by molar-refractivity contribution is 5.92. The van der Waals surface area contributed by atoms with Gasteiger partial charge >= 0.3 is 5.97 Å². The number of tetrazole rings is 1. The molecule has 114 valence electrons. The maximum absolute atomic E-state index is 12.5. The number of fused-ring (bicyclic) bond motifs is 1. The fourth-order valence-electron chi connectivity index (χ4n) is 2.50. The summed E-state index contributed by atoms with van der Waals surface area (Å²) in [6.07, 6.45) is -0.195. The number of esters is 1. The van der Waals surface area contributed by atoms with Gasteiger partial charge in [-0.1, -0.05) is 35.4 Å². The number of nitrogens with zero attached hydrogens (tertiary/aromatic N) is 4. The molecule has 3 rings (SSSR count). The molecule has 1 aliphatic rings. The van der Waals surface area contributed by atoms with Gasteiger partial charge < -0.3 is 10.1 Å². The number of hydrogen-bond acceptors (Lipinski definition) is 6. The van der Waals surface area contributed by atoms with Crippen molar-refractivity contribution < 1.29 is 9.53 Å². The number of hydrogen-bond donors (Lipinski definition) is 1. The summed E-state index contributed by atoms with van der Waals surface area (Å²) in [4.78, 5) is 12.5. The quantitative estimate of drug-likeness (QED) is 0.872. The second-order valence-corrected chi connectivity index (χ2v) is 5.38. The normalized spacial score (nSPS) is 17.2. The standard InChI is InChI=1S/C15H17N5O2/c1-9(2)22-14(21)12-10(3)16-15-17-18-19-20(15)13(12)11-7-5-4-6-8-11/h4-9,13H,1-3H3,(H,16,17,19). The average molecular weight is 299 g/mol. The van der Waals surface area contributed by atoms with Crippen molar-refractivity contribution in [3.05, 3.63) is 47.2 Å². The molecule has 0 spiro atoms. The van der Waals surface area contributed by atoms with Crippen molar-refractivity contribution in [1.29, 1.82) is 0 Å². The van der Waals surface area contributed by atoms with Crippen LogP contribution in [0, 0.1) is 0 Å². The Hall–Kier alpha value is -2.70. The van der Waals surface area contributed by atoms with E-state index in [-0.39, 0.29) is 12.1 Å². The molecule has 1 aromatic carbocycles. The number of carbonyl (C=O) groups excluding carboxylic acids is 1. The SMILES string of the molecule is CC1=C(C(=O)OC(C)C)C(c2ccccc2)n2nnnc2N1. The van der Waals surface area contributed by atoms with Gasteiger partial charge in [0.25, 0.3) is 0 Å². The largest absolute Gasteiger partial charge is 0.459 e. The number of allylic oxidation sites excluding steroid dienone is 1. The Labute approximate surface area is 128 Å². The summed E-state index contributed by atoms with van der Waals surface area (Å²) in [6.45, 7) is 5.47. The van der Waals surface area contributed by atoms with Gasteiger partial charge in [-0.2, -0.15) is 4.68 Å². The highest BCUT2D eigenvalue weighted by Crippen LogP contribution is 2.34. The predicted molar refractivity (Wildman–Crippen MR) is 79.9 cm³/mol. The van der Waals surface area contributed by atoms with Crippen LogP contribution in [0.3, 0.4) is 0 Å². The van der Waals surface area contributed by atoms with Crippen molar-refractivity contribution in [2.45, 2.75) is 32.9 Å². The second kappa shape index (κ2) is 5.59. The third-order valence-electron chi connectivity index (χ3n) is 3.39. The van der Waals surface area contributed by atoms with Gasteiger partial charge in [-0.05, 0) is 36.8 Å². The maximum atomic E-state index is 12.5. The molecule has 0 bridgehead atoms. The van der Waals surface area contributed by atoms with Crippen molar-refractivity contribution in [3.63, 3.8) is 0 Å². The molecule has 1 N–H and O–H groups in total. The molecule has 0 fully saturated rings. The van der Waals surface area contributed by atoms with Crippen LogP contribution in [0.4, 0.5) is 5.95 Å². The third kappa shape index (κ3) is 2.45. The van der Waals surface area contributed by atoms with E-state index in [1.807, 2.05) is 51.1 Å². The van der Waals surface area contributed by atoms with E-state index >= 15 is 0 Å². The molecule has 7 heteroatoms. The number of aromatic nitrogens is 4. The van der Waals surface area contributed by atoms with Crippen LogP contribution in [-0.2, 0) is 9.53 Å². The minimum absolute atomic E-state index is 0.195. The van der Waals surface area contributed by atoms with Gasteiger partial charge in [0.15, 0.2) is 0 Å². The molecule has 1 unspecified atom stereocenters. The molecule has 1 atom stereocenters. The Morgan fingerprint density at radius 1 is 1.32 bits per heavy atom. The van der Waals surface area contributed by atoms with Gasteiger partial charge in [-0.15, -0.1) is 0 Å². The number of benzene rings is 1. The Bertz CT molecular complexity index is 721. The summed E-state index contributed by atoms with van der Waals surface area (Å²) in [5.74, 6) is 0.141. The Morgan fingerprint density at radius 3 is 2.73 bits per heavy atom. The molecule has 0 amide bonds. The van der Waals surface area contributed by atoms with E-state index in [1.165, 1.54) is 0 Å². The van der Waals surface area contributed by atoms with E-state index in [1.54, 1.807) is 4.68 Å². The highest BCUT2D eigenvalue weighted by Gasteiger charge is 2.35. The monoisotopic (exact) mass is 299 g/mol. The molecule has 2 aromatic rings. The summed E-state index contributed by atoms with van der Waals surface area (Å²) in [6, 6.07) is 9.24. The first-order chi connectivity index (χ1) is 10.6. The van der Waals surface area contributed by atoms with E-state index in [0.29, 0.717) is 17.2 Å². The molecule has 0 saturated carbocycles. The Morgan fingerprint density at radius 2 is 2.05 bits per heavy atom. The third-order valence-corrected chi connectivity index (χ3v) is 3.39. The minimum atomic E-state index is -0.404. The van der Waals surface area contributed by atoms with Crippen LogP contribution in [0.1, 0.15) is 32.4 Å². The molecular formula is C15H17N5O2. The number of ether oxygens (including phenoxy) is 1. The van der Waals surface area contributed by atoms with Crippen LogP contribution in [-0.4, -0.2) is 32.3 Å². The molecule has 7 nitrogen and oxygen atoms in total. The molecular weight excluding hydrogens is 282 g/mol. The van der Waals surface area contributed by atoms with Crippen LogP contribution in [0.15, 0.2) is 41.6 Å². The lowest BCUT2D eigenvalue weighted by Crippen LogP contribution is -2.30. The van der Waals surface area contributed by atoms with E-state index < -0.39 is 6.04 Å². The van der Waals surface area contributed by atoms with Gasteiger partial charge in [0.2, 0.25) is 5.95 Å². The van der Waals surface area contributed by atoms with E-state index in [2.05, 4.69) is 20.8 Å². The van der Waals surface area contributed by atoms with Crippen molar-refractivity contribution in [2.75, 3.05) is 5.32 Å². The lowest BCUT2D eigenvalue weighted by Gasteiger charge is -2.27. The lowest BCUT2D eigenvalue weighted by molar-refractivity contribution is -0.143. The summed E-state index contributed by atoms with van der Waals surface area (Å²) < 4.78 is 6.98. The van der Waals surface area contributed by atoms with Crippen LogP contribution in [0.2, 0.25) is 0 Å². The maximum Gasteiger partial charge on any atom is 0.338 e. The van der Waals surface area contributed by atoms with Crippen molar-refractivity contribution in [3.8, 4) is 0 Å². The second-order valence-electron chi connectivity index (χ2n) is 5.38. The van der Waals surface area contributed by atoms with E-state index in [0.717, 1.165) is 5.56 Å². The summed E-state index contributed by atoms with van der Waals surface area (Å²) in [5, 5.41) is 14.7. The molecule has 2 heterocycles. The van der Waals surface area contributed by atoms with Gasteiger partial charge in [-0.3, -0.25) is 0 Å². The van der Waals surface area contributed by atoms with Crippen molar-refractivity contribution >= 4 is 11.9 Å². The zero-order valence-electron chi connectivity index (χ0n) is 12.6. The average Bonchev–Trinajstić information content (AvgIpc) is 2.93. The van der Waals surface area contributed by atoms with E-state index in [9.17, 15) is 4.79 Å². The highest BCUT2D eigenvalue weighted by atomic mass is 16.5. The van der Waals surface area contributed by atoms with Crippen LogP contribution in [0.25, 0.3) is 0 Å². The zero-order valence-corrected chi connectivity index (χ0v) is 12.6. The number of carbonyl (C=O) groups is 1. The van der Waals surface area contributed by atoms with Crippen LogP contribution < -0.4 is 5.32 Å². The zero-order chi connectivity index (χ0) is 15.7. The number of rotatable bonds is 3. The first-order valence-electron chi connectivity index (χ1n) is 7.09. The Kier molecular flexibility index (Phi) is 3.62. The number of anilines is 1. The molecule has 1 aromatic heterocycles. The van der Waals surface area contributed by atoms with Crippen LogP contribution in [0.5, 0.6) is 0 Å². The van der Waals surface area contributed by atoms with Gasteiger partial charge in [0.1, 0.15) is 6.04 Å². The van der Waals surface area contributed by atoms with E-state index in [4.69, 9.17) is 4.74 Å². The van der Waals surface area contributed by atoms with Gasteiger partial charge in [0.05, 0.1) is 11.7 Å². The van der Waals surface area contributed by atoms with Gasteiger partial charge in [0, 0.05) is 5.70 Å². The summed E-state index contributed by atoms with van der Waals surface area (Å²) >= 11 is 0. The minimum Gasteiger partial charge on any atom is -0.459 e. The molecule has 0 radical (unpaired) electrons. The number of nitrogens with one attached hydrogen (secondary N) is 1. The molecule has 0 aliphatic carbocycles.